The highest BCUT2D eigenvalue weighted by atomic mass is 19.4. The second-order valence-corrected chi connectivity index (χ2v) is 4.19. The maximum absolute atomic E-state index is 12.2. The lowest BCUT2D eigenvalue weighted by atomic mass is 10.1. The Morgan fingerprint density at radius 3 is 2.35 bits per heavy atom. The second kappa shape index (κ2) is 6.64. The Morgan fingerprint density at radius 2 is 1.94 bits per heavy atom. The number of halogens is 3. The summed E-state index contributed by atoms with van der Waals surface area (Å²) in [5, 5.41) is 7.31. The molecule has 3 N–H and O–H groups in total. The van der Waals surface area contributed by atoms with Crippen molar-refractivity contribution in [2.75, 3.05) is 6.61 Å². The van der Waals surface area contributed by atoms with E-state index in [1.807, 2.05) is 0 Å². The first kappa shape index (κ1) is 16.0. The molecule has 0 saturated heterocycles. The SMILES string of the molecule is C/C(=C/CC(C)COC(=N)C(C)N)C(F)(F)F. The van der Waals surface area contributed by atoms with Gasteiger partial charge in [-0.25, -0.2) is 0 Å². The summed E-state index contributed by atoms with van der Waals surface area (Å²) in [4.78, 5) is 0. The van der Waals surface area contributed by atoms with Crippen molar-refractivity contribution in [1.82, 2.24) is 0 Å². The number of alkyl halides is 3. The molecule has 0 rings (SSSR count). The standard InChI is InChI=1S/C11H19F3N2O/c1-7(6-17-10(16)9(3)15)4-5-8(2)11(12,13)14/h5,7,9,16H,4,6,15H2,1-3H3/b8-5-,16-10?. The Balaban J connectivity index is 4.04. The van der Waals surface area contributed by atoms with Gasteiger partial charge in [0.1, 0.15) is 0 Å². The third kappa shape index (κ3) is 6.99. The third-order valence-corrected chi connectivity index (χ3v) is 2.21. The molecule has 0 aromatic heterocycles. The van der Waals surface area contributed by atoms with E-state index in [1.165, 1.54) is 0 Å². The average molecular weight is 252 g/mol. The van der Waals surface area contributed by atoms with Crippen LogP contribution in [-0.4, -0.2) is 24.7 Å². The summed E-state index contributed by atoms with van der Waals surface area (Å²) in [7, 11) is 0. The first-order valence-electron chi connectivity index (χ1n) is 5.35. The Kier molecular flexibility index (Phi) is 6.23. The van der Waals surface area contributed by atoms with Crippen molar-refractivity contribution in [3.8, 4) is 0 Å². The van der Waals surface area contributed by atoms with Gasteiger partial charge in [0.15, 0.2) is 5.90 Å². The van der Waals surface area contributed by atoms with Gasteiger partial charge in [-0.1, -0.05) is 13.0 Å². The summed E-state index contributed by atoms with van der Waals surface area (Å²) < 4.78 is 41.5. The molecule has 2 unspecified atom stereocenters. The highest BCUT2D eigenvalue weighted by Crippen LogP contribution is 2.25. The Morgan fingerprint density at radius 1 is 1.41 bits per heavy atom. The Labute approximate surface area is 99.3 Å². The maximum Gasteiger partial charge on any atom is 0.412 e. The molecule has 0 aliphatic rings. The highest BCUT2D eigenvalue weighted by Gasteiger charge is 2.29. The molecule has 0 saturated carbocycles. The van der Waals surface area contributed by atoms with Crippen LogP contribution < -0.4 is 5.73 Å². The highest BCUT2D eigenvalue weighted by molar-refractivity contribution is 5.77. The van der Waals surface area contributed by atoms with E-state index in [2.05, 4.69) is 0 Å². The molecule has 0 aliphatic carbocycles. The van der Waals surface area contributed by atoms with E-state index in [-0.39, 0.29) is 24.8 Å². The molecule has 0 fully saturated rings. The molecule has 0 radical (unpaired) electrons. The number of allylic oxidation sites excluding steroid dienone is 2. The van der Waals surface area contributed by atoms with Crippen molar-refractivity contribution in [3.05, 3.63) is 11.6 Å². The molecule has 0 amide bonds. The fraction of sp³-hybridized carbons (Fsp3) is 0.727. The topological polar surface area (TPSA) is 59.1 Å². The van der Waals surface area contributed by atoms with Crippen molar-refractivity contribution in [3.63, 3.8) is 0 Å². The van der Waals surface area contributed by atoms with Gasteiger partial charge < -0.3 is 10.5 Å². The number of ether oxygens (including phenoxy) is 1. The predicted octanol–water partition coefficient (Wildman–Crippen LogP) is 2.86. The molecule has 0 bridgehead atoms. The summed E-state index contributed by atoms with van der Waals surface area (Å²) in [6.45, 7) is 4.61. The van der Waals surface area contributed by atoms with E-state index in [0.717, 1.165) is 13.0 Å². The number of hydrogen-bond acceptors (Lipinski definition) is 3. The lowest BCUT2D eigenvalue weighted by Crippen LogP contribution is -2.29. The molecule has 17 heavy (non-hydrogen) atoms. The van der Waals surface area contributed by atoms with Crippen LogP contribution in [0.4, 0.5) is 13.2 Å². The summed E-state index contributed by atoms with van der Waals surface area (Å²) in [5.41, 5.74) is 4.79. The zero-order valence-electron chi connectivity index (χ0n) is 10.3. The van der Waals surface area contributed by atoms with Crippen LogP contribution in [0, 0.1) is 11.3 Å². The van der Waals surface area contributed by atoms with E-state index in [0.29, 0.717) is 0 Å². The molecule has 2 atom stereocenters. The van der Waals surface area contributed by atoms with Gasteiger partial charge in [0.05, 0.1) is 12.6 Å². The lowest BCUT2D eigenvalue weighted by molar-refractivity contribution is -0.0916. The zero-order chi connectivity index (χ0) is 13.6. The lowest BCUT2D eigenvalue weighted by Gasteiger charge is -2.14. The van der Waals surface area contributed by atoms with Gasteiger partial charge in [0.25, 0.3) is 0 Å². The minimum absolute atomic E-state index is 0.0478. The van der Waals surface area contributed by atoms with Crippen LogP contribution in [0.5, 0.6) is 0 Å². The van der Waals surface area contributed by atoms with E-state index in [1.54, 1.807) is 13.8 Å². The van der Waals surface area contributed by atoms with E-state index < -0.39 is 17.8 Å². The van der Waals surface area contributed by atoms with Crippen molar-refractivity contribution in [2.24, 2.45) is 11.7 Å². The van der Waals surface area contributed by atoms with Crippen molar-refractivity contribution < 1.29 is 17.9 Å². The van der Waals surface area contributed by atoms with Crippen molar-refractivity contribution in [1.29, 1.82) is 5.41 Å². The van der Waals surface area contributed by atoms with E-state index in [4.69, 9.17) is 15.9 Å². The van der Waals surface area contributed by atoms with E-state index in [9.17, 15) is 13.2 Å². The van der Waals surface area contributed by atoms with Crippen LogP contribution in [0.3, 0.4) is 0 Å². The summed E-state index contributed by atoms with van der Waals surface area (Å²) >= 11 is 0. The maximum atomic E-state index is 12.2. The molecule has 3 nitrogen and oxygen atoms in total. The second-order valence-electron chi connectivity index (χ2n) is 4.19. The molecule has 0 aliphatic heterocycles. The third-order valence-electron chi connectivity index (χ3n) is 2.21. The quantitative estimate of drug-likeness (QED) is 0.449. The predicted molar refractivity (Wildman–Crippen MR) is 60.9 cm³/mol. The fourth-order valence-electron chi connectivity index (χ4n) is 0.925. The fourth-order valence-corrected chi connectivity index (χ4v) is 0.925. The smallest absolute Gasteiger partial charge is 0.412 e. The molecular formula is C11H19F3N2O. The first-order valence-corrected chi connectivity index (χ1v) is 5.35. The number of hydrogen-bond donors (Lipinski definition) is 2. The van der Waals surface area contributed by atoms with Crippen LogP contribution in [0.15, 0.2) is 11.6 Å². The minimum Gasteiger partial charge on any atom is -0.480 e. The normalized spacial score (nSPS) is 16.5. The molecule has 100 valence electrons. The van der Waals surface area contributed by atoms with Gasteiger partial charge in [0.2, 0.25) is 0 Å². The summed E-state index contributed by atoms with van der Waals surface area (Å²) in [5.74, 6) is -0.139. The van der Waals surface area contributed by atoms with Crippen LogP contribution >= 0.6 is 0 Å². The van der Waals surface area contributed by atoms with Gasteiger partial charge >= 0.3 is 6.18 Å². The largest absolute Gasteiger partial charge is 0.480 e. The van der Waals surface area contributed by atoms with Crippen LogP contribution in [-0.2, 0) is 4.74 Å². The number of nitrogens with one attached hydrogen (secondary N) is 1. The number of nitrogens with two attached hydrogens (primary N) is 1. The van der Waals surface area contributed by atoms with Gasteiger partial charge in [-0.05, 0) is 26.2 Å². The van der Waals surface area contributed by atoms with Crippen molar-refractivity contribution >= 4 is 5.90 Å². The van der Waals surface area contributed by atoms with Gasteiger partial charge in [0, 0.05) is 5.57 Å². The molecule has 0 heterocycles. The summed E-state index contributed by atoms with van der Waals surface area (Å²) in [6.07, 6.45) is -2.86. The minimum atomic E-state index is -4.26. The van der Waals surface area contributed by atoms with Crippen molar-refractivity contribution in [2.45, 2.75) is 39.4 Å². The summed E-state index contributed by atoms with van der Waals surface area (Å²) in [6, 6.07) is -0.491. The molecule has 0 aromatic carbocycles. The van der Waals surface area contributed by atoms with Crippen LogP contribution in [0.25, 0.3) is 0 Å². The molecule has 0 spiro atoms. The zero-order valence-corrected chi connectivity index (χ0v) is 10.3. The van der Waals surface area contributed by atoms with Crippen LogP contribution in [0.2, 0.25) is 0 Å². The molecule has 0 aromatic rings. The van der Waals surface area contributed by atoms with Crippen LogP contribution in [0.1, 0.15) is 27.2 Å². The van der Waals surface area contributed by atoms with Gasteiger partial charge in [-0.3, -0.25) is 5.41 Å². The molecular weight excluding hydrogens is 233 g/mol. The van der Waals surface area contributed by atoms with Gasteiger partial charge in [-0.2, -0.15) is 13.2 Å². The van der Waals surface area contributed by atoms with Gasteiger partial charge in [-0.15, -0.1) is 0 Å². The first-order chi connectivity index (χ1) is 7.64. The monoisotopic (exact) mass is 252 g/mol. The number of rotatable bonds is 5. The van der Waals surface area contributed by atoms with E-state index >= 15 is 0 Å². The Bertz CT molecular complexity index is 285. The average Bonchev–Trinajstić information content (AvgIpc) is 2.20. The Hall–Kier alpha value is -1.04. The molecule has 6 heteroatoms.